The minimum atomic E-state index is -0.546. The molecule has 7 aromatic rings. The Hall–Kier alpha value is -6.32. The van der Waals surface area contributed by atoms with Gasteiger partial charge in [-0.15, -0.1) is 0 Å². The van der Waals surface area contributed by atoms with Gasteiger partial charge < -0.3 is 4.90 Å². The van der Waals surface area contributed by atoms with Crippen LogP contribution < -0.4 is 4.90 Å². The quantitative estimate of drug-likeness (QED) is 0.193. The van der Waals surface area contributed by atoms with Crippen molar-refractivity contribution in [3.8, 4) is 44.9 Å². The van der Waals surface area contributed by atoms with E-state index in [4.69, 9.17) is 9.97 Å². The van der Waals surface area contributed by atoms with Crippen LogP contribution >= 0.6 is 0 Å². The Morgan fingerprint density at radius 2 is 1.10 bits per heavy atom. The van der Waals surface area contributed by atoms with Gasteiger partial charge in [0.1, 0.15) is 0 Å². The molecule has 3 heteroatoms. The zero-order valence-electron chi connectivity index (χ0n) is 27.2. The van der Waals surface area contributed by atoms with Crippen molar-refractivity contribution in [3.63, 3.8) is 0 Å². The molecule has 0 saturated carbocycles. The molecule has 2 atom stereocenters. The summed E-state index contributed by atoms with van der Waals surface area (Å²) in [6.07, 6.45) is 8.99. The van der Waals surface area contributed by atoms with Crippen LogP contribution in [0.3, 0.4) is 0 Å². The van der Waals surface area contributed by atoms with Crippen molar-refractivity contribution in [1.82, 2.24) is 9.97 Å². The number of anilines is 2. The lowest BCUT2D eigenvalue weighted by atomic mass is 9.72. The van der Waals surface area contributed by atoms with Gasteiger partial charge in [-0.3, -0.25) is 0 Å². The van der Waals surface area contributed by atoms with E-state index in [1.807, 2.05) is 0 Å². The zero-order chi connectivity index (χ0) is 32.8. The average molecular weight is 638 g/mol. The van der Waals surface area contributed by atoms with Crippen LogP contribution in [-0.4, -0.2) is 16.0 Å². The molecule has 0 saturated heterocycles. The second kappa shape index (κ2) is 10.3. The third kappa shape index (κ3) is 3.59. The minimum absolute atomic E-state index is 0.255. The lowest BCUT2D eigenvalue weighted by Crippen LogP contribution is -2.28. The standard InChI is InChI=1S/C47H31N3/c1-2-14-30(15-3-1)44-43-37-20-6-11-23-40(37)47(38-21-9-4-16-33(38)34-17-5-10-22-39(34)47)45(43)49-46(48-44)31-26-28-32(29-27-31)50-41-24-12-7-18-35(41)36-19-8-13-25-42(36)50/h1-29,35,41H. The van der Waals surface area contributed by atoms with Crippen molar-refractivity contribution >= 4 is 11.4 Å². The third-order valence-corrected chi connectivity index (χ3v) is 11.2. The second-order valence-electron chi connectivity index (χ2n) is 13.6. The molecule has 4 aliphatic rings. The average Bonchev–Trinajstić information content (AvgIpc) is 3.80. The fourth-order valence-corrected chi connectivity index (χ4v) is 9.22. The Kier molecular flexibility index (Phi) is 5.71. The van der Waals surface area contributed by atoms with E-state index < -0.39 is 5.41 Å². The van der Waals surface area contributed by atoms with Gasteiger partial charge in [0, 0.05) is 34.0 Å². The minimum Gasteiger partial charge on any atom is -0.333 e. The van der Waals surface area contributed by atoms with E-state index in [9.17, 15) is 0 Å². The number of hydrogen-bond donors (Lipinski definition) is 0. The summed E-state index contributed by atoms with van der Waals surface area (Å²) in [6.45, 7) is 0. The smallest absolute Gasteiger partial charge is 0.160 e. The van der Waals surface area contributed by atoms with Crippen LogP contribution in [0.2, 0.25) is 0 Å². The van der Waals surface area contributed by atoms with Crippen molar-refractivity contribution in [3.05, 3.63) is 204 Å². The molecule has 3 aliphatic carbocycles. The summed E-state index contributed by atoms with van der Waals surface area (Å²) >= 11 is 0. The van der Waals surface area contributed by atoms with Gasteiger partial charge in [0.05, 0.1) is 22.8 Å². The summed E-state index contributed by atoms with van der Waals surface area (Å²) in [5.74, 6) is 1.09. The van der Waals surface area contributed by atoms with Gasteiger partial charge in [-0.05, 0) is 69.3 Å². The molecule has 0 fully saturated rings. The first-order chi connectivity index (χ1) is 24.8. The fourth-order valence-electron chi connectivity index (χ4n) is 9.22. The maximum Gasteiger partial charge on any atom is 0.160 e. The molecular weight excluding hydrogens is 607 g/mol. The number of benzene rings is 6. The van der Waals surface area contributed by atoms with E-state index >= 15 is 0 Å². The van der Waals surface area contributed by atoms with Crippen molar-refractivity contribution in [2.24, 2.45) is 0 Å². The van der Waals surface area contributed by atoms with Crippen LogP contribution in [0.5, 0.6) is 0 Å². The lowest BCUT2D eigenvalue weighted by Gasteiger charge is -2.30. The number of fused-ring (bicyclic) bond motifs is 13. The van der Waals surface area contributed by atoms with Gasteiger partial charge in [0.2, 0.25) is 0 Å². The molecular formula is C47H31N3. The third-order valence-electron chi connectivity index (χ3n) is 11.2. The molecule has 1 aromatic heterocycles. The highest BCUT2D eigenvalue weighted by molar-refractivity contribution is 5.98. The highest BCUT2D eigenvalue weighted by Gasteiger charge is 2.54. The van der Waals surface area contributed by atoms with Crippen molar-refractivity contribution in [2.45, 2.75) is 17.4 Å². The Balaban J connectivity index is 1.14. The van der Waals surface area contributed by atoms with Crippen LogP contribution in [0, 0.1) is 0 Å². The topological polar surface area (TPSA) is 29.0 Å². The first kappa shape index (κ1) is 27.6. The summed E-state index contributed by atoms with van der Waals surface area (Å²) in [4.78, 5) is 13.5. The Bertz CT molecular complexity index is 2520. The Morgan fingerprint density at radius 1 is 0.500 bits per heavy atom. The molecule has 0 N–H and O–H groups in total. The van der Waals surface area contributed by atoms with E-state index in [0.29, 0.717) is 5.92 Å². The number of rotatable bonds is 3. The van der Waals surface area contributed by atoms with Gasteiger partial charge in [-0.2, -0.15) is 0 Å². The maximum atomic E-state index is 5.64. The van der Waals surface area contributed by atoms with E-state index in [2.05, 4.69) is 181 Å². The summed E-state index contributed by atoms with van der Waals surface area (Å²) < 4.78 is 0. The summed E-state index contributed by atoms with van der Waals surface area (Å²) in [7, 11) is 0. The predicted molar refractivity (Wildman–Crippen MR) is 203 cm³/mol. The van der Waals surface area contributed by atoms with Crippen molar-refractivity contribution < 1.29 is 0 Å². The first-order valence-electron chi connectivity index (χ1n) is 17.4. The van der Waals surface area contributed by atoms with Gasteiger partial charge >= 0.3 is 0 Å². The number of para-hydroxylation sites is 1. The van der Waals surface area contributed by atoms with Gasteiger partial charge in [-0.1, -0.05) is 146 Å². The monoisotopic (exact) mass is 637 g/mol. The maximum absolute atomic E-state index is 5.64. The number of hydrogen-bond acceptors (Lipinski definition) is 3. The summed E-state index contributed by atoms with van der Waals surface area (Å²) in [6, 6.07) is 55.2. The Morgan fingerprint density at radius 3 is 1.84 bits per heavy atom. The van der Waals surface area contributed by atoms with Crippen LogP contribution in [-0.2, 0) is 5.41 Å². The number of allylic oxidation sites excluding steroid dienone is 2. The van der Waals surface area contributed by atoms with Crippen LogP contribution in [0.4, 0.5) is 11.4 Å². The summed E-state index contributed by atoms with van der Waals surface area (Å²) in [5, 5.41) is 0. The molecule has 0 amide bonds. The highest BCUT2D eigenvalue weighted by atomic mass is 15.2. The van der Waals surface area contributed by atoms with Gasteiger partial charge in [0.15, 0.2) is 5.82 Å². The molecule has 50 heavy (non-hydrogen) atoms. The normalized spacial score (nSPS) is 18.0. The van der Waals surface area contributed by atoms with Gasteiger partial charge in [0.25, 0.3) is 0 Å². The Labute approximate surface area is 291 Å². The van der Waals surface area contributed by atoms with E-state index in [1.54, 1.807) is 0 Å². The largest absolute Gasteiger partial charge is 0.333 e. The zero-order valence-corrected chi connectivity index (χ0v) is 27.2. The predicted octanol–water partition coefficient (Wildman–Crippen LogP) is 10.9. The van der Waals surface area contributed by atoms with Crippen molar-refractivity contribution in [1.29, 1.82) is 0 Å². The molecule has 2 heterocycles. The van der Waals surface area contributed by atoms with Crippen LogP contribution in [0.1, 0.15) is 33.9 Å². The number of aromatic nitrogens is 2. The number of nitrogens with zero attached hydrogens (tertiary/aromatic N) is 3. The van der Waals surface area contributed by atoms with Crippen molar-refractivity contribution in [2.75, 3.05) is 4.90 Å². The molecule has 2 unspecified atom stereocenters. The van der Waals surface area contributed by atoms with E-state index in [0.717, 1.165) is 33.9 Å². The molecule has 0 bridgehead atoms. The fraction of sp³-hybridized carbons (Fsp3) is 0.0638. The molecule has 6 aromatic carbocycles. The van der Waals surface area contributed by atoms with E-state index in [1.165, 1.54) is 50.3 Å². The molecule has 11 rings (SSSR count). The summed E-state index contributed by atoms with van der Waals surface area (Å²) in [5.41, 5.74) is 16.1. The SMILES string of the molecule is C1=CC2c3ccccc3N(c3ccc(-c4nc(-c5ccccc5)c5c(n4)C4(c6ccccc6-c6ccccc64)c4ccccc4-5)cc3)C2C=C1. The molecule has 1 aliphatic heterocycles. The lowest BCUT2D eigenvalue weighted by molar-refractivity contribution is 0.744. The van der Waals surface area contributed by atoms with Gasteiger partial charge in [-0.25, -0.2) is 9.97 Å². The molecule has 3 nitrogen and oxygen atoms in total. The molecule has 0 radical (unpaired) electrons. The molecule has 234 valence electrons. The van der Waals surface area contributed by atoms with E-state index in [-0.39, 0.29) is 6.04 Å². The highest BCUT2D eigenvalue weighted by Crippen LogP contribution is 2.63. The van der Waals surface area contributed by atoms with Crippen LogP contribution in [0.15, 0.2) is 176 Å². The second-order valence-corrected chi connectivity index (χ2v) is 13.6. The van der Waals surface area contributed by atoms with Crippen LogP contribution in [0.25, 0.3) is 44.9 Å². The molecule has 1 spiro atoms. The first-order valence-corrected chi connectivity index (χ1v) is 17.4.